The van der Waals surface area contributed by atoms with E-state index < -0.39 is 0 Å². The van der Waals surface area contributed by atoms with Crippen LogP contribution in [0, 0.1) is 0 Å². The number of amides is 1. The molecule has 6 rings (SSSR count). The van der Waals surface area contributed by atoms with E-state index in [0.717, 1.165) is 85.9 Å². The lowest BCUT2D eigenvalue weighted by Gasteiger charge is -2.38. The first-order chi connectivity index (χ1) is 20.1. The predicted molar refractivity (Wildman–Crippen MR) is 157 cm³/mol. The van der Waals surface area contributed by atoms with E-state index >= 15 is 0 Å². The summed E-state index contributed by atoms with van der Waals surface area (Å²) in [6, 6.07) is 7.74. The number of fused-ring (bicyclic) bond motifs is 2. The van der Waals surface area contributed by atoms with Gasteiger partial charge >= 0.3 is 6.01 Å². The summed E-state index contributed by atoms with van der Waals surface area (Å²) < 4.78 is 11.6. The third kappa shape index (κ3) is 6.06. The van der Waals surface area contributed by atoms with Gasteiger partial charge in [0.2, 0.25) is 5.91 Å². The molecule has 0 bridgehead atoms. The van der Waals surface area contributed by atoms with Crippen LogP contribution in [0.15, 0.2) is 43.1 Å². The number of phenolic OH excluding ortho intramolecular Hbond substituents is 1. The zero-order valence-corrected chi connectivity index (χ0v) is 23.4. The second-order valence-corrected chi connectivity index (χ2v) is 10.6. The molecule has 216 valence electrons. The molecule has 2 saturated heterocycles. The number of piperazine rings is 1. The molecule has 2 fully saturated rings. The number of ether oxygens (including phenoxy) is 2. The Labute approximate surface area is 240 Å². The number of anilines is 2. The average molecular weight is 560 g/mol. The molecule has 0 saturated carbocycles. The van der Waals surface area contributed by atoms with E-state index in [-0.39, 0.29) is 11.7 Å². The number of benzene rings is 1. The van der Waals surface area contributed by atoms with Crippen molar-refractivity contribution in [1.82, 2.24) is 24.8 Å². The molecule has 0 atom stereocenters. The van der Waals surface area contributed by atoms with E-state index in [1.807, 2.05) is 17.0 Å². The number of carbonyl (C=O) groups is 1. The molecule has 3 aliphatic rings. The topological polar surface area (TPSA) is 107 Å². The highest BCUT2D eigenvalue weighted by molar-refractivity contribution is 5.92. The van der Waals surface area contributed by atoms with Crippen molar-refractivity contribution in [3.8, 4) is 11.8 Å². The minimum atomic E-state index is -0.0405. The van der Waals surface area contributed by atoms with Gasteiger partial charge in [0, 0.05) is 75.6 Å². The SMILES string of the molecule is C=CC(=O)N1CCN(c2nc(OCCCN3CCOCC3)nc3c2CCN(c2cc(O)cc4cccnc24)C3)CC1. The Morgan fingerprint density at radius 3 is 2.71 bits per heavy atom. The quantitative estimate of drug-likeness (QED) is 0.326. The van der Waals surface area contributed by atoms with Crippen LogP contribution in [0.2, 0.25) is 0 Å². The van der Waals surface area contributed by atoms with Crippen molar-refractivity contribution in [2.75, 3.05) is 82.0 Å². The molecule has 3 aromatic rings. The van der Waals surface area contributed by atoms with Gasteiger partial charge in [-0.2, -0.15) is 9.97 Å². The highest BCUT2D eigenvalue weighted by Crippen LogP contribution is 2.35. The molecule has 41 heavy (non-hydrogen) atoms. The molecule has 0 spiro atoms. The number of carbonyl (C=O) groups excluding carboxylic acids is 1. The van der Waals surface area contributed by atoms with Gasteiger partial charge in [-0.1, -0.05) is 12.6 Å². The first-order valence-corrected chi connectivity index (χ1v) is 14.4. The first-order valence-electron chi connectivity index (χ1n) is 14.4. The number of hydrogen-bond acceptors (Lipinski definition) is 10. The van der Waals surface area contributed by atoms with Crippen molar-refractivity contribution in [3.63, 3.8) is 0 Å². The summed E-state index contributed by atoms with van der Waals surface area (Å²) in [5.41, 5.74) is 3.77. The fourth-order valence-electron chi connectivity index (χ4n) is 5.86. The normalized spacial score (nSPS) is 17.9. The van der Waals surface area contributed by atoms with Gasteiger partial charge < -0.3 is 29.3 Å². The number of rotatable bonds is 8. The maximum Gasteiger partial charge on any atom is 0.318 e. The van der Waals surface area contributed by atoms with Crippen molar-refractivity contribution >= 4 is 28.3 Å². The number of aromatic hydroxyl groups is 1. The van der Waals surface area contributed by atoms with Crippen LogP contribution in [0.25, 0.3) is 10.9 Å². The predicted octanol–water partition coefficient (Wildman–Crippen LogP) is 2.23. The van der Waals surface area contributed by atoms with Crippen LogP contribution < -0.4 is 14.5 Å². The molecule has 1 N–H and O–H groups in total. The molecule has 0 aliphatic carbocycles. The van der Waals surface area contributed by atoms with Gasteiger partial charge in [0.05, 0.1) is 43.3 Å². The number of nitrogens with zero attached hydrogens (tertiary/aromatic N) is 7. The molecule has 11 heteroatoms. The minimum Gasteiger partial charge on any atom is -0.508 e. The highest BCUT2D eigenvalue weighted by atomic mass is 16.5. The van der Waals surface area contributed by atoms with Crippen LogP contribution in [0.3, 0.4) is 0 Å². The minimum absolute atomic E-state index is 0.0405. The van der Waals surface area contributed by atoms with Gasteiger partial charge in [-0.15, -0.1) is 0 Å². The fraction of sp³-hybridized carbons (Fsp3) is 0.467. The number of morpholine rings is 1. The van der Waals surface area contributed by atoms with Gasteiger partial charge in [0.15, 0.2) is 0 Å². The molecule has 2 aromatic heterocycles. The van der Waals surface area contributed by atoms with E-state index in [2.05, 4.69) is 26.3 Å². The second-order valence-electron chi connectivity index (χ2n) is 10.6. The molecular formula is C30H37N7O4. The number of pyridine rings is 1. The summed E-state index contributed by atoms with van der Waals surface area (Å²) in [5, 5.41) is 11.3. The van der Waals surface area contributed by atoms with Crippen LogP contribution in [0.4, 0.5) is 11.5 Å². The van der Waals surface area contributed by atoms with Crippen molar-refractivity contribution in [2.24, 2.45) is 0 Å². The van der Waals surface area contributed by atoms with Gasteiger partial charge in [-0.05, 0) is 31.1 Å². The maximum absolute atomic E-state index is 12.2. The van der Waals surface area contributed by atoms with E-state index in [4.69, 9.17) is 19.4 Å². The molecule has 3 aliphatic heterocycles. The monoisotopic (exact) mass is 559 g/mol. The highest BCUT2D eigenvalue weighted by Gasteiger charge is 2.29. The zero-order chi connectivity index (χ0) is 28.2. The van der Waals surface area contributed by atoms with Crippen molar-refractivity contribution in [2.45, 2.75) is 19.4 Å². The Kier molecular flexibility index (Phi) is 8.15. The van der Waals surface area contributed by atoms with E-state index in [0.29, 0.717) is 45.3 Å². The standard InChI is InChI=1S/C30H37N7O4/c1-2-27(39)35-10-12-36(13-11-35)29-24-6-9-37(26-20-23(38)19-22-5-3-7-31-28(22)26)21-25(24)32-30(33-29)41-16-4-8-34-14-17-40-18-15-34/h2-3,5,7,19-20,38H,1,4,6,8-18,21H2. The van der Waals surface area contributed by atoms with Crippen molar-refractivity contribution in [3.05, 3.63) is 54.4 Å². The molecule has 0 radical (unpaired) electrons. The van der Waals surface area contributed by atoms with Gasteiger partial charge in [0.25, 0.3) is 0 Å². The van der Waals surface area contributed by atoms with E-state index in [1.165, 1.54) is 6.08 Å². The summed E-state index contributed by atoms with van der Waals surface area (Å²) in [6.07, 6.45) is 4.78. The molecule has 1 amide bonds. The molecular weight excluding hydrogens is 522 g/mol. The van der Waals surface area contributed by atoms with Gasteiger partial charge in [0.1, 0.15) is 11.6 Å². The van der Waals surface area contributed by atoms with Gasteiger partial charge in [-0.3, -0.25) is 14.7 Å². The average Bonchev–Trinajstić information content (AvgIpc) is 3.02. The van der Waals surface area contributed by atoms with Crippen LogP contribution in [-0.2, 0) is 22.5 Å². The maximum atomic E-state index is 12.2. The Morgan fingerprint density at radius 1 is 1.07 bits per heavy atom. The van der Waals surface area contributed by atoms with Crippen molar-refractivity contribution < 1.29 is 19.4 Å². The fourth-order valence-corrected chi connectivity index (χ4v) is 5.86. The number of aromatic nitrogens is 3. The zero-order valence-electron chi connectivity index (χ0n) is 23.4. The Morgan fingerprint density at radius 2 is 1.90 bits per heavy atom. The number of hydrogen-bond donors (Lipinski definition) is 1. The summed E-state index contributed by atoms with van der Waals surface area (Å²) in [5.74, 6) is 1.06. The van der Waals surface area contributed by atoms with Gasteiger partial charge in [-0.25, -0.2) is 0 Å². The lowest BCUT2D eigenvalue weighted by Crippen LogP contribution is -2.49. The second kappa shape index (κ2) is 12.3. The molecule has 0 unspecified atom stereocenters. The molecule has 5 heterocycles. The van der Waals surface area contributed by atoms with Crippen LogP contribution >= 0.6 is 0 Å². The number of phenols is 1. The Balaban J connectivity index is 1.24. The Hall–Kier alpha value is -3.96. The Bertz CT molecular complexity index is 1400. The lowest BCUT2D eigenvalue weighted by atomic mass is 10.0. The third-order valence-electron chi connectivity index (χ3n) is 8.05. The lowest BCUT2D eigenvalue weighted by molar-refractivity contribution is -0.126. The van der Waals surface area contributed by atoms with Crippen LogP contribution in [0.1, 0.15) is 17.7 Å². The summed E-state index contributed by atoms with van der Waals surface area (Å²) in [7, 11) is 0. The molecule has 11 nitrogen and oxygen atoms in total. The van der Waals surface area contributed by atoms with E-state index in [1.54, 1.807) is 18.3 Å². The summed E-state index contributed by atoms with van der Waals surface area (Å²) in [6.45, 7) is 12.5. The largest absolute Gasteiger partial charge is 0.508 e. The van der Waals surface area contributed by atoms with E-state index in [9.17, 15) is 9.90 Å². The third-order valence-corrected chi connectivity index (χ3v) is 8.05. The van der Waals surface area contributed by atoms with Crippen LogP contribution in [0.5, 0.6) is 11.8 Å². The summed E-state index contributed by atoms with van der Waals surface area (Å²) in [4.78, 5) is 35.2. The smallest absolute Gasteiger partial charge is 0.318 e. The van der Waals surface area contributed by atoms with Crippen molar-refractivity contribution in [1.29, 1.82) is 0 Å². The van der Waals surface area contributed by atoms with Crippen LogP contribution in [-0.4, -0.2) is 108 Å². The molecule has 1 aromatic carbocycles. The first kappa shape index (κ1) is 27.2. The summed E-state index contributed by atoms with van der Waals surface area (Å²) >= 11 is 0.